The fourth-order valence-electron chi connectivity index (χ4n) is 2.02. The van der Waals surface area contributed by atoms with E-state index in [1.807, 2.05) is 47.6 Å². The van der Waals surface area contributed by atoms with Crippen LogP contribution in [0.1, 0.15) is 44.5 Å². The summed E-state index contributed by atoms with van der Waals surface area (Å²) in [6.07, 6.45) is 1.76. The molecule has 0 unspecified atom stereocenters. The summed E-state index contributed by atoms with van der Waals surface area (Å²) in [6.45, 7) is 11.9. The van der Waals surface area contributed by atoms with Gasteiger partial charge in [0, 0.05) is 11.3 Å². The van der Waals surface area contributed by atoms with E-state index < -0.39 is 7.12 Å². The van der Waals surface area contributed by atoms with Crippen molar-refractivity contribution >= 4 is 13.2 Å². The predicted molar refractivity (Wildman–Crippen MR) is 81.7 cm³/mol. The third-order valence-electron chi connectivity index (χ3n) is 4.23. The summed E-state index contributed by atoms with van der Waals surface area (Å²) in [5.74, 6) is 1.79. The van der Waals surface area contributed by atoms with Gasteiger partial charge in [0.05, 0.1) is 11.2 Å². The van der Waals surface area contributed by atoms with Crippen LogP contribution in [0.3, 0.4) is 0 Å². The highest BCUT2D eigenvalue weighted by atomic mass is 16.7. The first-order valence-corrected chi connectivity index (χ1v) is 6.87. The van der Waals surface area contributed by atoms with Gasteiger partial charge in [0.2, 0.25) is 0 Å². The molecule has 0 amide bonds. The zero-order chi connectivity index (χ0) is 15.1. The molecule has 2 rings (SSSR count). The average Bonchev–Trinajstić information content (AvgIpc) is 2.51. The number of rotatable bonds is 2. The van der Waals surface area contributed by atoms with Gasteiger partial charge in [-0.1, -0.05) is 12.1 Å². The van der Waals surface area contributed by atoms with Crippen molar-refractivity contribution in [2.24, 2.45) is 0 Å². The molecule has 1 N–H and O–H groups in total. The second kappa shape index (κ2) is 4.90. The Bertz CT molecular complexity index is 586. The van der Waals surface area contributed by atoms with E-state index in [-0.39, 0.29) is 16.8 Å². The molecular formula is C15H22BNO3. The van der Waals surface area contributed by atoms with Crippen molar-refractivity contribution < 1.29 is 9.31 Å². The summed E-state index contributed by atoms with van der Waals surface area (Å²) in [7, 11) is -0.430. The Labute approximate surface area is 120 Å². The first-order chi connectivity index (χ1) is 9.12. The van der Waals surface area contributed by atoms with Gasteiger partial charge in [-0.2, -0.15) is 0 Å². The first-order valence-electron chi connectivity index (χ1n) is 6.87. The molecule has 1 aliphatic rings. The van der Waals surface area contributed by atoms with Crippen LogP contribution in [-0.4, -0.2) is 23.3 Å². The van der Waals surface area contributed by atoms with Crippen molar-refractivity contribution in [2.45, 2.75) is 52.7 Å². The van der Waals surface area contributed by atoms with Gasteiger partial charge in [0.1, 0.15) is 0 Å². The van der Waals surface area contributed by atoms with Crippen molar-refractivity contribution in [3.05, 3.63) is 39.2 Å². The largest absolute Gasteiger partial charge is 0.487 e. The topological polar surface area (TPSA) is 51.3 Å². The van der Waals surface area contributed by atoms with Gasteiger partial charge in [-0.3, -0.25) is 4.79 Å². The van der Waals surface area contributed by atoms with Crippen LogP contribution in [0.5, 0.6) is 0 Å². The molecular weight excluding hydrogens is 253 g/mol. The van der Waals surface area contributed by atoms with E-state index in [0.29, 0.717) is 5.56 Å². The maximum Gasteiger partial charge on any atom is 0.487 e. The minimum absolute atomic E-state index is 0.0964. The number of H-pyrrole nitrogens is 1. The summed E-state index contributed by atoms with van der Waals surface area (Å²) in [5, 5.41) is 0. The van der Waals surface area contributed by atoms with Crippen molar-refractivity contribution in [3.63, 3.8) is 0 Å². The van der Waals surface area contributed by atoms with Crippen LogP contribution in [0.25, 0.3) is 6.08 Å². The summed E-state index contributed by atoms with van der Waals surface area (Å²) in [4.78, 5) is 14.7. The number of pyridine rings is 1. The number of aryl methyl sites for hydroxylation is 2. The Balaban J connectivity index is 2.20. The van der Waals surface area contributed by atoms with E-state index in [4.69, 9.17) is 9.31 Å². The lowest BCUT2D eigenvalue weighted by Gasteiger charge is -2.32. The van der Waals surface area contributed by atoms with E-state index in [9.17, 15) is 4.79 Å². The Morgan fingerprint density at radius 1 is 1.15 bits per heavy atom. The molecule has 1 aliphatic heterocycles. The average molecular weight is 275 g/mol. The van der Waals surface area contributed by atoms with Gasteiger partial charge in [0.25, 0.3) is 5.56 Å². The molecule has 4 nitrogen and oxygen atoms in total. The quantitative estimate of drug-likeness (QED) is 0.844. The highest BCUT2D eigenvalue weighted by Gasteiger charge is 2.49. The molecule has 2 heterocycles. The number of hydrogen-bond donors (Lipinski definition) is 1. The molecule has 0 radical (unpaired) electrons. The second-order valence-corrected chi connectivity index (χ2v) is 6.35. The highest BCUT2D eigenvalue weighted by Crippen LogP contribution is 2.36. The molecule has 0 aromatic carbocycles. The molecule has 1 aromatic rings. The number of hydrogen-bond acceptors (Lipinski definition) is 3. The van der Waals surface area contributed by atoms with Crippen LogP contribution < -0.4 is 5.56 Å². The Morgan fingerprint density at radius 2 is 1.70 bits per heavy atom. The molecule has 1 saturated heterocycles. The van der Waals surface area contributed by atoms with Gasteiger partial charge in [0.15, 0.2) is 0 Å². The normalized spacial score (nSPS) is 20.8. The van der Waals surface area contributed by atoms with E-state index in [1.165, 1.54) is 0 Å². The van der Waals surface area contributed by atoms with Crippen molar-refractivity contribution in [1.29, 1.82) is 0 Å². The van der Waals surface area contributed by atoms with Gasteiger partial charge in [-0.15, -0.1) is 0 Å². The van der Waals surface area contributed by atoms with Crippen molar-refractivity contribution in [3.8, 4) is 0 Å². The molecule has 1 fully saturated rings. The predicted octanol–water partition coefficient (Wildman–Crippen LogP) is 2.64. The summed E-state index contributed by atoms with van der Waals surface area (Å²) < 4.78 is 11.7. The Kier molecular flexibility index (Phi) is 3.69. The van der Waals surface area contributed by atoms with Gasteiger partial charge < -0.3 is 14.3 Å². The van der Waals surface area contributed by atoms with E-state index in [1.54, 1.807) is 12.1 Å². The molecule has 0 bridgehead atoms. The first kappa shape index (κ1) is 15.1. The molecule has 0 atom stereocenters. The van der Waals surface area contributed by atoms with Crippen LogP contribution >= 0.6 is 0 Å². The van der Waals surface area contributed by atoms with Gasteiger partial charge in [-0.25, -0.2) is 0 Å². The third-order valence-corrected chi connectivity index (χ3v) is 4.23. The number of aromatic amines is 1. The summed E-state index contributed by atoms with van der Waals surface area (Å²) in [6, 6.07) is 1.87. The molecule has 1 aromatic heterocycles. The second-order valence-electron chi connectivity index (χ2n) is 6.35. The zero-order valence-corrected chi connectivity index (χ0v) is 13.0. The summed E-state index contributed by atoms with van der Waals surface area (Å²) in [5.41, 5.74) is 1.74. The van der Waals surface area contributed by atoms with Crippen molar-refractivity contribution in [1.82, 2.24) is 4.98 Å². The Hall–Kier alpha value is -1.33. The maximum atomic E-state index is 11.9. The minimum atomic E-state index is -0.430. The van der Waals surface area contributed by atoms with E-state index in [2.05, 4.69) is 4.98 Å². The lowest BCUT2D eigenvalue weighted by molar-refractivity contribution is 0.00578. The van der Waals surface area contributed by atoms with Gasteiger partial charge >= 0.3 is 7.12 Å². The lowest BCUT2D eigenvalue weighted by atomic mass is 9.89. The molecule has 0 aliphatic carbocycles. The molecule has 20 heavy (non-hydrogen) atoms. The van der Waals surface area contributed by atoms with Crippen LogP contribution in [0.15, 0.2) is 16.8 Å². The van der Waals surface area contributed by atoms with Crippen LogP contribution in [0.2, 0.25) is 0 Å². The Morgan fingerprint density at radius 3 is 2.25 bits per heavy atom. The molecule has 108 valence electrons. The smallest absolute Gasteiger partial charge is 0.400 e. The van der Waals surface area contributed by atoms with Crippen LogP contribution in [0, 0.1) is 13.8 Å². The molecule has 0 spiro atoms. The highest BCUT2D eigenvalue weighted by molar-refractivity contribution is 6.52. The standard InChI is InChI=1S/C15H22BNO3/c1-10-9-12(13(18)17-11(10)2)7-8-16-19-14(3,4)15(5,6)20-16/h7-9H,1-6H3,(H,17,18)/b8-7+. The maximum absolute atomic E-state index is 11.9. The van der Waals surface area contributed by atoms with Crippen molar-refractivity contribution in [2.75, 3.05) is 0 Å². The SMILES string of the molecule is Cc1cc(/C=C/B2OC(C)(C)C(C)(C)O2)c(=O)[nH]c1C. The fraction of sp³-hybridized carbons (Fsp3) is 0.533. The molecule has 0 saturated carbocycles. The van der Waals surface area contributed by atoms with E-state index in [0.717, 1.165) is 11.3 Å². The third kappa shape index (κ3) is 2.74. The van der Waals surface area contributed by atoms with Gasteiger partial charge in [-0.05, 0) is 53.2 Å². The zero-order valence-electron chi connectivity index (χ0n) is 13.0. The monoisotopic (exact) mass is 275 g/mol. The van der Waals surface area contributed by atoms with E-state index >= 15 is 0 Å². The fourth-order valence-corrected chi connectivity index (χ4v) is 2.02. The lowest BCUT2D eigenvalue weighted by Crippen LogP contribution is -2.41. The van der Waals surface area contributed by atoms with Crippen LogP contribution in [0.4, 0.5) is 0 Å². The minimum Gasteiger partial charge on any atom is -0.400 e. The van der Waals surface area contributed by atoms with Crippen LogP contribution in [-0.2, 0) is 9.31 Å². The number of nitrogens with one attached hydrogen (secondary N) is 1. The number of aromatic nitrogens is 1. The molecule has 5 heteroatoms. The summed E-state index contributed by atoms with van der Waals surface area (Å²) >= 11 is 0.